The van der Waals surface area contributed by atoms with Gasteiger partial charge >= 0.3 is 0 Å². The first-order valence-corrected chi connectivity index (χ1v) is 7.47. The lowest BCUT2D eigenvalue weighted by atomic mass is 10.1. The molecule has 0 amide bonds. The molecule has 0 aliphatic rings. The van der Waals surface area contributed by atoms with Crippen molar-refractivity contribution < 1.29 is 4.39 Å². The van der Waals surface area contributed by atoms with Crippen molar-refractivity contribution in [1.82, 2.24) is 5.32 Å². The number of nitrogens with one attached hydrogen (secondary N) is 1. The molecule has 17 heavy (non-hydrogen) atoms. The Bertz CT molecular complexity index is 370. The number of hydrogen-bond donors (Lipinski definition) is 1. The molecule has 4 heteroatoms. The Morgan fingerprint density at radius 3 is 3.00 bits per heavy atom. The summed E-state index contributed by atoms with van der Waals surface area (Å²) in [6, 6.07) is 5.02. The van der Waals surface area contributed by atoms with Gasteiger partial charge in [0.1, 0.15) is 5.82 Å². The fraction of sp³-hybridized carbons (Fsp3) is 0.385. The first-order valence-electron chi connectivity index (χ1n) is 5.52. The Balaban J connectivity index is 2.41. The molecule has 0 aliphatic carbocycles. The lowest BCUT2D eigenvalue weighted by Crippen LogP contribution is -2.21. The maximum atomic E-state index is 12.9. The van der Waals surface area contributed by atoms with Crippen molar-refractivity contribution in [3.63, 3.8) is 0 Å². The SMILES string of the molecule is C=CCSCCNC(C)c1ccc(F)cc1Br. The van der Waals surface area contributed by atoms with Crippen molar-refractivity contribution in [3.8, 4) is 0 Å². The van der Waals surface area contributed by atoms with Crippen molar-refractivity contribution in [2.45, 2.75) is 13.0 Å². The Labute approximate surface area is 115 Å². The van der Waals surface area contributed by atoms with Crippen LogP contribution in [0.2, 0.25) is 0 Å². The summed E-state index contributed by atoms with van der Waals surface area (Å²) in [7, 11) is 0. The number of rotatable bonds is 7. The van der Waals surface area contributed by atoms with Crippen LogP contribution in [0.5, 0.6) is 0 Å². The van der Waals surface area contributed by atoms with Gasteiger partial charge in [0.2, 0.25) is 0 Å². The first-order chi connectivity index (χ1) is 8.15. The van der Waals surface area contributed by atoms with E-state index in [1.165, 1.54) is 12.1 Å². The van der Waals surface area contributed by atoms with Crippen LogP contribution in [0.1, 0.15) is 18.5 Å². The van der Waals surface area contributed by atoms with E-state index in [1.54, 1.807) is 0 Å². The largest absolute Gasteiger partial charge is 0.309 e. The van der Waals surface area contributed by atoms with E-state index in [9.17, 15) is 4.39 Å². The topological polar surface area (TPSA) is 12.0 Å². The third-order valence-electron chi connectivity index (χ3n) is 2.36. The minimum Gasteiger partial charge on any atom is -0.309 e. The van der Waals surface area contributed by atoms with Crippen LogP contribution in [0.4, 0.5) is 4.39 Å². The molecular weight excluding hydrogens is 301 g/mol. The van der Waals surface area contributed by atoms with Gasteiger partial charge in [0.05, 0.1) is 0 Å². The number of halogens is 2. The summed E-state index contributed by atoms with van der Waals surface area (Å²) < 4.78 is 13.8. The molecule has 0 aliphatic heterocycles. The molecular formula is C13H17BrFNS. The van der Waals surface area contributed by atoms with Crippen molar-refractivity contribution in [3.05, 3.63) is 46.7 Å². The fourth-order valence-electron chi connectivity index (χ4n) is 1.48. The van der Waals surface area contributed by atoms with E-state index in [0.29, 0.717) is 0 Å². The van der Waals surface area contributed by atoms with Crippen LogP contribution < -0.4 is 5.32 Å². The summed E-state index contributed by atoms with van der Waals surface area (Å²) in [4.78, 5) is 0. The van der Waals surface area contributed by atoms with Gasteiger partial charge in [-0.2, -0.15) is 11.8 Å². The van der Waals surface area contributed by atoms with Gasteiger partial charge in [0.15, 0.2) is 0 Å². The maximum Gasteiger partial charge on any atom is 0.124 e. The van der Waals surface area contributed by atoms with E-state index in [0.717, 1.165) is 28.1 Å². The van der Waals surface area contributed by atoms with Crippen LogP contribution in [-0.2, 0) is 0 Å². The van der Waals surface area contributed by atoms with Crippen LogP contribution in [0.3, 0.4) is 0 Å². The lowest BCUT2D eigenvalue weighted by molar-refractivity contribution is 0.591. The Kier molecular flexibility index (Phi) is 6.85. The van der Waals surface area contributed by atoms with Gasteiger partial charge in [-0.15, -0.1) is 6.58 Å². The summed E-state index contributed by atoms with van der Waals surface area (Å²) in [5.74, 6) is 1.82. The average Bonchev–Trinajstić information content (AvgIpc) is 2.28. The standard InChI is InChI=1S/C13H17BrFNS/c1-3-7-17-8-6-16-10(2)12-5-4-11(15)9-13(12)14/h3-5,9-10,16H,1,6-8H2,2H3. The molecule has 0 saturated heterocycles. The molecule has 94 valence electrons. The van der Waals surface area contributed by atoms with E-state index < -0.39 is 0 Å². The van der Waals surface area contributed by atoms with Gasteiger partial charge in [-0.1, -0.05) is 28.1 Å². The highest BCUT2D eigenvalue weighted by Gasteiger charge is 2.08. The molecule has 1 nitrogen and oxygen atoms in total. The second kappa shape index (κ2) is 7.90. The smallest absolute Gasteiger partial charge is 0.124 e. The fourth-order valence-corrected chi connectivity index (χ4v) is 2.77. The maximum absolute atomic E-state index is 12.9. The van der Waals surface area contributed by atoms with Crippen molar-refractivity contribution in [2.75, 3.05) is 18.1 Å². The third-order valence-corrected chi connectivity index (χ3v) is 4.01. The van der Waals surface area contributed by atoms with Crippen molar-refractivity contribution in [1.29, 1.82) is 0 Å². The predicted octanol–water partition coefficient (Wildman–Crippen LogP) is 4.16. The van der Waals surface area contributed by atoms with Gasteiger partial charge < -0.3 is 5.32 Å². The quantitative estimate of drug-likeness (QED) is 0.598. The Morgan fingerprint density at radius 1 is 1.59 bits per heavy atom. The zero-order valence-corrected chi connectivity index (χ0v) is 12.3. The van der Waals surface area contributed by atoms with Gasteiger partial charge in [-0.3, -0.25) is 0 Å². The highest BCUT2D eigenvalue weighted by atomic mass is 79.9. The number of thioether (sulfide) groups is 1. The second-order valence-electron chi connectivity index (χ2n) is 3.71. The van der Waals surface area contributed by atoms with Crippen LogP contribution >= 0.6 is 27.7 Å². The lowest BCUT2D eigenvalue weighted by Gasteiger charge is -2.15. The summed E-state index contributed by atoms with van der Waals surface area (Å²) in [6.07, 6.45) is 1.91. The van der Waals surface area contributed by atoms with Crippen molar-refractivity contribution >= 4 is 27.7 Å². The second-order valence-corrected chi connectivity index (χ2v) is 5.71. The zero-order chi connectivity index (χ0) is 12.7. The van der Waals surface area contributed by atoms with Crippen molar-refractivity contribution in [2.24, 2.45) is 0 Å². The van der Waals surface area contributed by atoms with Gasteiger partial charge in [-0.05, 0) is 24.6 Å². The molecule has 1 aromatic carbocycles. The molecule has 0 aromatic heterocycles. The normalized spacial score (nSPS) is 12.4. The molecule has 1 N–H and O–H groups in total. The molecule has 0 bridgehead atoms. The third kappa shape index (κ3) is 5.23. The molecule has 1 atom stereocenters. The van der Waals surface area contributed by atoms with E-state index in [2.05, 4.69) is 34.7 Å². The van der Waals surface area contributed by atoms with Gasteiger partial charge in [0, 0.05) is 28.6 Å². The molecule has 0 radical (unpaired) electrons. The van der Waals surface area contributed by atoms with E-state index in [4.69, 9.17) is 0 Å². The minimum absolute atomic E-state index is 0.214. The van der Waals surface area contributed by atoms with E-state index >= 15 is 0 Å². The summed E-state index contributed by atoms with van der Waals surface area (Å²) >= 11 is 5.23. The zero-order valence-electron chi connectivity index (χ0n) is 9.88. The number of benzene rings is 1. The Hall–Kier alpha value is -0.320. The van der Waals surface area contributed by atoms with Crippen LogP contribution in [0, 0.1) is 5.82 Å². The van der Waals surface area contributed by atoms with Crippen LogP contribution in [0.15, 0.2) is 35.3 Å². The van der Waals surface area contributed by atoms with E-state index in [-0.39, 0.29) is 11.9 Å². The van der Waals surface area contributed by atoms with Gasteiger partial charge in [-0.25, -0.2) is 4.39 Å². The average molecular weight is 318 g/mol. The highest BCUT2D eigenvalue weighted by molar-refractivity contribution is 9.10. The summed E-state index contributed by atoms with van der Waals surface area (Å²) in [5.41, 5.74) is 1.08. The molecule has 0 spiro atoms. The van der Waals surface area contributed by atoms with Gasteiger partial charge in [0.25, 0.3) is 0 Å². The monoisotopic (exact) mass is 317 g/mol. The molecule has 0 heterocycles. The minimum atomic E-state index is -0.214. The Morgan fingerprint density at radius 2 is 2.35 bits per heavy atom. The van der Waals surface area contributed by atoms with Crippen LogP contribution in [0.25, 0.3) is 0 Å². The molecule has 0 fully saturated rings. The first kappa shape index (κ1) is 14.7. The van der Waals surface area contributed by atoms with E-state index in [1.807, 2.05) is 23.9 Å². The molecule has 1 aromatic rings. The summed E-state index contributed by atoms with van der Waals surface area (Å²) in [6.45, 7) is 6.69. The highest BCUT2D eigenvalue weighted by Crippen LogP contribution is 2.24. The molecule has 1 rings (SSSR count). The summed E-state index contributed by atoms with van der Waals surface area (Å²) in [5, 5.41) is 3.41. The van der Waals surface area contributed by atoms with Crippen LogP contribution in [-0.4, -0.2) is 18.1 Å². The number of hydrogen-bond acceptors (Lipinski definition) is 2. The predicted molar refractivity (Wildman–Crippen MR) is 78.0 cm³/mol. The molecule has 0 saturated carbocycles. The molecule has 1 unspecified atom stereocenters.